The molecule has 1 unspecified atom stereocenters. The SMILES string of the molecule is O=[N+]([O-])c1cc(F)ccc1OCC(O)c1ccc(F)cc1. The van der Waals surface area contributed by atoms with Crippen LogP contribution in [0, 0.1) is 21.7 Å². The van der Waals surface area contributed by atoms with Crippen LogP contribution in [0.25, 0.3) is 0 Å². The van der Waals surface area contributed by atoms with Gasteiger partial charge in [0.15, 0.2) is 5.75 Å². The zero-order valence-corrected chi connectivity index (χ0v) is 10.7. The van der Waals surface area contributed by atoms with E-state index in [1.54, 1.807) is 0 Å². The summed E-state index contributed by atoms with van der Waals surface area (Å²) in [5.41, 5.74) is -0.123. The van der Waals surface area contributed by atoms with E-state index in [0.717, 1.165) is 18.2 Å². The number of aliphatic hydroxyl groups excluding tert-OH is 1. The molecule has 0 heterocycles. The number of nitro groups is 1. The molecule has 0 aliphatic heterocycles. The molecule has 0 fully saturated rings. The smallest absolute Gasteiger partial charge is 0.313 e. The Kier molecular flexibility index (Phi) is 4.44. The predicted octanol–water partition coefficient (Wildman–Crippen LogP) is 2.99. The molecule has 0 radical (unpaired) electrons. The summed E-state index contributed by atoms with van der Waals surface area (Å²) >= 11 is 0. The molecule has 0 aromatic heterocycles. The predicted molar refractivity (Wildman–Crippen MR) is 69.9 cm³/mol. The topological polar surface area (TPSA) is 72.6 Å². The maximum atomic E-state index is 13.0. The van der Waals surface area contributed by atoms with E-state index >= 15 is 0 Å². The summed E-state index contributed by atoms with van der Waals surface area (Å²) in [5, 5.41) is 20.6. The van der Waals surface area contributed by atoms with Crippen molar-refractivity contribution >= 4 is 5.69 Å². The van der Waals surface area contributed by atoms with Gasteiger partial charge < -0.3 is 9.84 Å². The molecule has 1 atom stereocenters. The molecule has 0 amide bonds. The Hall–Kier alpha value is -2.54. The van der Waals surface area contributed by atoms with Crippen LogP contribution in [0.5, 0.6) is 5.75 Å². The zero-order chi connectivity index (χ0) is 15.4. The Balaban J connectivity index is 2.09. The molecular weight excluding hydrogens is 284 g/mol. The summed E-state index contributed by atoms with van der Waals surface area (Å²) in [4.78, 5) is 10.0. The van der Waals surface area contributed by atoms with E-state index in [1.165, 1.54) is 24.3 Å². The molecule has 0 aliphatic rings. The van der Waals surface area contributed by atoms with Crippen molar-refractivity contribution in [2.75, 3.05) is 6.61 Å². The van der Waals surface area contributed by atoms with Crippen LogP contribution in [0.2, 0.25) is 0 Å². The summed E-state index contributed by atoms with van der Waals surface area (Å²) in [7, 11) is 0. The lowest BCUT2D eigenvalue weighted by Gasteiger charge is -2.12. The molecule has 0 saturated heterocycles. The van der Waals surface area contributed by atoms with E-state index in [2.05, 4.69) is 0 Å². The lowest BCUT2D eigenvalue weighted by atomic mass is 10.1. The highest BCUT2D eigenvalue weighted by atomic mass is 19.1. The van der Waals surface area contributed by atoms with E-state index in [9.17, 15) is 24.0 Å². The van der Waals surface area contributed by atoms with E-state index in [1.807, 2.05) is 0 Å². The second kappa shape index (κ2) is 6.27. The normalized spacial score (nSPS) is 12.0. The fourth-order valence-electron chi connectivity index (χ4n) is 1.71. The van der Waals surface area contributed by atoms with Crippen LogP contribution in [0.3, 0.4) is 0 Å². The molecule has 0 spiro atoms. The van der Waals surface area contributed by atoms with Crippen molar-refractivity contribution < 1.29 is 23.5 Å². The second-order valence-electron chi connectivity index (χ2n) is 4.25. The quantitative estimate of drug-likeness (QED) is 0.680. The van der Waals surface area contributed by atoms with Gasteiger partial charge in [-0.3, -0.25) is 10.1 Å². The lowest BCUT2D eigenvalue weighted by Crippen LogP contribution is -2.10. The molecule has 5 nitrogen and oxygen atoms in total. The molecule has 21 heavy (non-hydrogen) atoms. The van der Waals surface area contributed by atoms with Gasteiger partial charge in [-0.1, -0.05) is 12.1 Å². The number of ether oxygens (including phenoxy) is 1. The third-order valence-electron chi connectivity index (χ3n) is 2.77. The highest BCUT2D eigenvalue weighted by Crippen LogP contribution is 2.28. The van der Waals surface area contributed by atoms with Gasteiger partial charge >= 0.3 is 5.69 Å². The number of nitro benzene ring substituents is 1. The number of benzene rings is 2. The third kappa shape index (κ3) is 3.73. The maximum absolute atomic E-state index is 13.0. The van der Waals surface area contributed by atoms with Crippen molar-refractivity contribution in [3.63, 3.8) is 0 Å². The summed E-state index contributed by atoms with van der Waals surface area (Å²) in [6.45, 7) is -0.280. The van der Waals surface area contributed by atoms with Gasteiger partial charge in [0.2, 0.25) is 0 Å². The molecular formula is C14H11F2NO4. The van der Waals surface area contributed by atoms with Gasteiger partial charge in [0, 0.05) is 0 Å². The van der Waals surface area contributed by atoms with Gasteiger partial charge in [0.25, 0.3) is 0 Å². The maximum Gasteiger partial charge on any atom is 0.313 e. The second-order valence-corrected chi connectivity index (χ2v) is 4.25. The Morgan fingerprint density at radius 3 is 2.38 bits per heavy atom. The van der Waals surface area contributed by atoms with Crippen LogP contribution in [0.4, 0.5) is 14.5 Å². The van der Waals surface area contributed by atoms with Crippen LogP contribution >= 0.6 is 0 Å². The molecule has 2 rings (SSSR count). The third-order valence-corrected chi connectivity index (χ3v) is 2.77. The molecule has 2 aromatic rings. The van der Waals surface area contributed by atoms with E-state index in [0.29, 0.717) is 5.56 Å². The number of aliphatic hydroxyl groups is 1. The van der Waals surface area contributed by atoms with Gasteiger partial charge in [0.1, 0.15) is 24.3 Å². The van der Waals surface area contributed by atoms with Gasteiger partial charge in [-0.05, 0) is 29.8 Å². The first-order valence-electron chi connectivity index (χ1n) is 5.97. The number of rotatable bonds is 5. The van der Waals surface area contributed by atoms with Crippen molar-refractivity contribution in [3.05, 3.63) is 69.8 Å². The first-order chi connectivity index (χ1) is 9.97. The Labute approximate surface area is 118 Å². The summed E-state index contributed by atoms with van der Waals surface area (Å²) in [6, 6.07) is 7.99. The van der Waals surface area contributed by atoms with Crippen LogP contribution in [0.15, 0.2) is 42.5 Å². The minimum absolute atomic E-state index is 0.150. The van der Waals surface area contributed by atoms with Gasteiger partial charge in [0.05, 0.1) is 11.0 Å². The number of nitrogens with zero attached hydrogens (tertiary/aromatic N) is 1. The molecule has 0 saturated carbocycles. The van der Waals surface area contributed by atoms with Gasteiger partial charge in [-0.2, -0.15) is 0 Å². The van der Waals surface area contributed by atoms with E-state index in [4.69, 9.17) is 4.74 Å². The minimum atomic E-state index is -1.09. The highest BCUT2D eigenvalue weighted by molar-refractivity contribution is 5.46. The largest absolute Gasteiger partial charge is 0.484 e. The van der Waals surface area contributed by atoms with Crippen molar-refractivity contribution in [2.45, 2.75) is 6.10 Å². The van der Waals surface area contributed by atoms with E-state index < -0.39 is 28.3 Å². The highest BCUT2D eigenvalue weighted by Gasteiger charge is 2.18. The molecule has 0 bridgehead atoms. The van der Waals surface area contributed by atoms with Crippen LogP contribution < -0.4 is 4.74 Å². The lowest BCUT2D eigenvalue weighted by molar-refractivity contribution is -0.386. The van der Waals surface area contributed by atoms with Crippen LogP contribution in [-0.4, -0.2) is 16.6 Å². The van der Waals surface area contributed by atoms with Crippen LogP contribution in [0.1, 0.15) is 11.7 Å². The number of hydrogen-bond donors (Lipinski definition) is 1. The number of hydrogen-bond acceptors (Lipinski definition) is 4. The fraction of sp³-hybridized carbons (Fsp3) is 0.143. The fourth-order valence-corrected chi connectivity index (χ4v) is 1.71. The Morgan fingerprint density at radius 2 is 1.76 bits per heavy atom. The molecule has 0 aliphatic carbocycles. The molecule has 7 heteroatoms. The average Bonchev–Trinajstić information content (AvgIpc) is 2.46. The molecule has 2 aromatic carbocycles. The minimum Gasteiger partial charge on any atom is -0.484 e. The van der Waals surface area contributed by atoms with Gasteiger partial charge in [-0.25, -0.2) is 8.78 Å². The first kappa shape index (κ1) is 14.9. The standard InChI is InChI=1S/C14H11F2NO4/c15-10-3-1-9(2-4-10)13(18)8-21-14-6-5-11(16)7-12(14)17(19)20/h1-7,13,18H,8H2. The summed E-state index contributed by atoms with van der Waals surface area (Å²) in [6.07, 6.45) is -1.09. The molecule has 110 valence electrons. The van der Waals surface area contributed by atoms with Crippen molar-refractivity contribution in [1.82, 2.24) is 0 Å². The monoisotopic (exact) mass is 295 g/mol. The Morgan fingerprint density at radius 1 is 1.14 bits per heavy atom. The van der Waals surface area contributed by atoms with Crippen molar-refractivity contribution in [1.29, 1.82) is 0 Å². The summed E-state index contributed by atoms with van der Waals surface area (Å²) in [5.74, 6) is -1.35. The van der Waals surface area contributed by atoms with E-state index in [-0.39, 0.29) is 12.4 Å². The Bertz CT molecular complexity index is 646. The van der Waals surface area contributed by atoms with Gasteiger partial charge in [-0.15, -0.1) is 0 Å². The summed E-state index contributed by atoms with van der Waals surface area (Å²) < 4.78 is 30.9. The molecule has 1 N–H and O–H groups in total. The zero-order valence-electron chi connectivity index (χ0n) is 10.7. The number of halogens is 2. The average molecular weight is 295 g/mol. The van der Waals surface area contributed by atoms with Crippen molar-refractivity contribution in [2.24, 2.45) is 0 Å². The van der Waals surface area contributed by atoms with Crippen molar-refractivity contribution in [3.8, 4) is 5.75 Å². The first-order valence-corrected chi connectivity index (χ1v) is 5.97. The van der Waals surface area contributed by atoms with Crippen LogP contribution in [-0.2, 0) is 0 Å².